The molecule has 0 aliphatic heterocycles. The Morgan fingerprint density at radius 2 is 1.88 bits per heavy atom. The molecule has 1 aliphatic carbocycles. The van der Waals surface area contributed by atoms with Gasteiger partial charge in [-0.3, -0.25) is 4.79 Å². The zero-order chi connectivity index (χ0) is 17.1. The largest absolute Gasteiger partial charge is 0.493 e. The van der Waals surface area contributed by atoms with Gasteiger partial charge < -0.3 is 10.5 Å². The number of ether oxygens (including phenoxy) is 1. The van der Waals surface area contributed by atoms with Crippen LogP contribution in [0, 0.1) is 0 Å². The summed E-state index contributed by atoms with van der Waals surface area (Å²) >= 11 is 0. The lowest BCUT2D eigenvalue weighted by atomic mass is 10.00. The van der Waals surface area contributed by atoms with Crippen LogP contribution in [0.1, 0.15) is 37.0 Å². The van der Waals surface area contributed by atoms with Gasteiger partial charge in [0.1, 0.15) is 5.75 Å². The number of amides is 1. The van der Waals surface area contributed by atoms with Gasteiger partial charge in [-0.1, -0.05) is 42.5 Å². The van der Waals surface area contributed by atoms with Gasteiger partial charge in [-0.2, -0.15) is 0 Å². The third-order valence-electron chi connectivity index (χ3n) is 4.24. The molecule has 0 spiro atoms. The molecular weight excluding hydrogens is 298 g/mol. The second-order valence-electron chi connectivity index (χ2n) is 5.83. The standard InChI is InChI=1S/C21H21NO2/c1-3-24-19-11-7-10-16-17(12-15-8-5-4-6-9-15)14(2)18(21(16)19)13-20(22)23/h4-12H,3,13H2,1-2H3,(H2,22,23)/b17-12-. The Balaban J connectivity index is 2.19. The molecule has 2 aromatic carbocycles. The van der Waals surface area contributed by atoms with Crippen LogP contribution in [0.15, 0.2) is 54.1 Å². The van der Waals surface area contributed by atoms with Crippen molar-refractivity contribution in [2.24, 2.45) is 5.73 Å². The Labute approximate surface area is 142 Å². The van der Waals surface area contributed by atoms with E-state index < -0.39 is 0 Å². The number of fused-ring (bicyclic) bond motifs is 1. The maximum atomic E-state index is 11.6. The van der Waals surface area contributed by atoms with Crippen molar-refractivity contribution in [3.63, 3.8) is 0 Å². The van der Waals surface area contributed by atoms with Crippen LogP contribution < -0.4 is 10.5 Å². The van der Waals surface area contributed by atoms with Crippen LogP contribution in [0.25, 0.3) is 17.2 Å². The maximum Gasteiger partial charge on any atom is 0.221 e. The Morgan fingerprint density at radius 1 is 1.12 bits per heavy atom. The van der Waals surface area contributed by atoms with E-state index in [2.05, 4.69) is 24.3 Å². The van der Waals surface area contributed by atoms with Crippen LogP contribution in [-0.4, -0.2) is 12.5 Å². The van der Waals surface area contributed by atoms with Crippen molar-refractivity contribution in [3.8, 4) is 5.75 Å². The van der Waals surface area contributed by atoms with Crippen molar-refractivity contribution in [2.75, 3.05) is 6.61 Å². The fourth-order valence-electron chi connectivity index (χ4n) is 3.19. The van der Waals surface area contributed by atoms with E-state index in [9.17, 15) is 4.79 Å². The van der Waals surface area contributed by atoms with Crippen molar-refractivity contribution >= 4 is 23.1 Å². The van der Waals surface area contributed by atoms with E-state index in [1.54, 1.807) is 0 Å². The van der Waals surface area contributed by atoms with Crippen LogP contribution in [0.2, 0.25) is 0 Å². The van der Waals surface area contributed by atoms with Crippen LogP contribution in [0.3, 0.4) is 0 Å². The number of primary amides is 1. The van der Waals surface area contributed by atoms with E-state index in [0.717, 1.165) is 39.2 Å². The molecule has 0 heterocycles. The van der Waals surface area contributed by atoms with Gasteiger partial charge in [0.05, 0.1) is 13.0 Å². The summed E-state index contributed by atoms with van der Waals surface area (Å²) in [6, 6.07) is 16.2. The smallest absolute Gasteiger partial charge is 0.221 e. The zero-order valence-corrected chi connectivity index (χ0v) is 14.0. The number of rotatable bonds is 5. The predicted octanol–water partition coefficient (Wildman–Crippen LogP) is 4.29. The fraction of sp³-hybridized carbons (Fsp3) is 0.190. The first-order chi connectivity index (χ1) is 11.6. The molecule has 122 valence electrons. The van der Waals surface area contributed by atoms with Gasteiger partial charge in [0, 0.05) is 5.56 Å². The van der Waals surface area contributed by atoms with Crippen molar-refractivity contribution in [3.05, 3.63) is 70.8 Å². The van der Waals surface area contributed by atoms with Gasteiger partial charge in [-0.05, 0) is 53.8 Å². The Kier molecular flexibility index (Phi) is 4.52. The van der Waals surface area contributed by atoms with E-state index in [1.807, 2.05) is 44.2 Å². The summed E-state index contributed by atoms with van der Waals surface area (Å²) in [4.78, 5) is 11.6. The molecule has 3 rings (SSSR count). The molecule has 0 saturated carbocycles. The predicted molar refractivity (Wildman–Crippen MR) is 98.3 cm³/mol. The second-order valence-corrected chi connectivity index (χ2v) is 5.83. The summed E-state index contributed by atoms with van der Waals surface area (Å²) in [5, 5.41) is 0. The number of carbonyl (C=O) groups excluding carboxylic acids is 1. The Bertz CT molecular complexity index is 832. The molecule has 0 aromatic heterocycles. The maximum absolute atomic E-state index is 11.6. The van der Waals surface area contributed by atoms with Crippen molar-refractivity contribution in [2.45, 2.75) is 20.3 Å². The minimum absolute atomic E-state index is 0.217. The van der Waals surface area contributed by atoms with Gasteiger partial charge in [-0.25, -0.2) is 0 Å². The first-order valence-electron chi connectivity index (χ1n) is 8.13. The molecule has 0 fully saturated rings. The fourth-order valence-corrected chi connectivity index (χ4v) is 3.19. The quantitative estimate of drug-likeness (QED) is 0.894. The normalized spacial score (nSPS) is 14.8. The van der Waals surface area contributed by atoms with Crippen LogP contribution in [0.4, 0.5) is 0 Å². The second kappa shape index (κ2) is 6.75. The molecule has 0 radical (unpaired) electrons. The first kappa shape index (κ1) is 16.1. The van der Waals surface area contributed by atoms with Gasteiger partial charge in [0.2, 0.25) is 5.91 Å². The number of benzene rings is 2. The number of allylic oxidation sites excluding steroid dienone is 2. The molecule has 3 nitrogen and oxygen atoms in total. The van der Waals surface area contributed by atoms with Crippen LogP contribution >= 0.6 is 0 Å². The molecule has 0 unspecified atom stereocenters. The average Bonchev–Trinajstić information content (AvgIpc) is 2.82. The molecule has 0 atom stereocenters. The molecule has 3 heteroatoms. The van der Waals surface area contributed by atoms with Gasteiger partial charge in [0.25, 0.3) is 0 Å². The van der Waals surface area contributed by atoms with Gasteiger partial charge in [0.15, 0.2) is 0 Å². The molecule has 1 aliphatic rings. The molecule has 0 saturated heterocycles. The zero-order valence-electron chi connectivity index (χ0n) is 14.0. The first-order valence-corrected chi connectivity index (χ1v) is 8.13. The highest BCUT2D eigenvalue weighted by Crippen LogP contribution is 2.47. The number of hydrogen-bond acceptors (Lipinski definition) is 2. The van der Waals surface area contributed by atoms with Gasteiger partial charge >= 0.3 is 0 Å². The summed E-state index contributed by atoms with van der Waals surface area (Å²) in [7, 11) is 0. The lowest BCUT2D eigenvalue weighted by molar-refractivity contribution is -0.117. The van der Waals surface area contributed by atoms with E-state index in [0.29, 0.717) is 6.61 Å². The summed E-state index contributed by atoms with van der Waals surface area (Å²) in [5.74, 6) is 0.477. The summed E-state index contributed by atoms with van der Waals surface area (Å²) in [6.07, 6.45) is 2.37. The van der Waals surface area contributed by atoms with E-state index in [1.165, 1.54) is 0 Å². The lowest BCUT2D eigenvalue weighted by Gasteiger charge is -2.11. The summed E-state index contributed by atoms with van der Waals surface area (Å²) in [5.41, 5.74) is 11.9. The number of carbonyl (C=O) groups is 1. The van der Waals surface area contributed by atoms with Crippen molar-refractivity contribution < 1.29 is 9.53 Å². The molecular formula is C21H21NO2. The van der Waals surface area contributed by atoms with Crippen LogP contribution in [-0.2, 0) is 4.79 Å². The van der Waals surface area contributed by atoms with Gasteiger partial charge in [-0.15, -0.1) is 0 Å². The molecule has 1 amide bonds. The minimum Gasteiger partial charge on any atom is -0.493 e. The number of nitrogens with two attached hydrogens (primary N) is 1. The minimum atomic E-state index is -0.331. The summed E-state index contributed by atoms with van der Waals surface area (Å²) < 4.78 is 5.79. The van der Waals surface area contributed by atoms with Crippen molar-refractivity contribution in [1.82, 2.24) is 0 Å². The Hall–Kier alpha value is -2.81. The highest BCUT2D eigenvalue weighted by atomic mass is 16.5. The lowest BCUT2D eigenvalue weighted by Crippen LogP contribution is -2.11. The number of hydrogen-bond donors (Lipinski definition) is 1. The molecule has 24 heavy (non-hydrogen) atoms. The topological polar surface area (TPSA) is 52.3 Å². The highest BCUT2D eigenvalue weighted by Gasteiger charge is 2.27. The van der Waals surface area contributed by atoms with E-state index in [4.69, 9.17) is 10.5 Å². The SMILES string of the molecule is CCOc1cccc2c1C(CC(N)=O)=C(C)/C2=C/c1ccccc1. The third kappa shape index (κ3) is 2.98. The Morgan fingerprint density at radius 3 is 2.54 bits per heavy atom. The van der Waals surface area contributed by atoms with Crippen molar-refractivity contribution in [1.29, 1.82) is 0 Å². The van der Waals surface area contributed by atoms with Crippen LogP contribution in [0.5, 0.6) is 5.75 Å². The highest BCUT2D eigenvalue weighted by molar-refractivity contribution is 6.09. The molecule has 0 bridgehead atoms. The molecule has 2 N–H and O–H groups in total. The summed E-state index contributed by atoms with van der Waals surface area (Å²) in [6.45, 7) is 4.58. The average molecular weight is 319 g/mol. The third-order valence-corrected chi connectivity index (χ3v) is 4.24. The van der Waals surface area contributed by atoms with E-state index >= 15 is 0 Å². The monoisotopic (exact) mass is 319 g/mol. The molecule has 2 aromatic rings. The van der Waals surface area contributed by atoms with E-state index in [-0.39, 0.29) is 12.3 Å².